The van der Waals surface area contributed by atoms with Crippen LogP contribution in [-0.4, -0.2) is 18.3 Å². The summed E-state index contributed by atoms with van der Waals surface area (Å²) in [4.78, 5) is 0. The first-order valence-corrected chi connectivity index (χ1v) is 6.73. The Hall–Kier alpha value is 0.310. The molecule has 86 valence electrons. The van der Waals surface area contributed by atoms with Crippen molar-refractivity contribution < 1.29 is 0 Å². The van der Waals surface area contributed by atoms with E-state index in [2.05, 4.69) is 38.7 Å². The highest BCUT2D eigenvalue weighted by Crippen LogP contribution is 2.15. The molecule has 2 heteroatoms. The molecule has 0 heterocycles. The van der Waals surface area contributed by atoms with Crippen LogP contribution in [0.15, 0.2) is 0 Å². The van der Waals surface area contributed by atoms with Crippen molar-refractivity contribution >= 4 is 12.6 Å². The maximum absolute atomic E-state index is 4.27. The van der Waals surface area contributed by atoms with E-state index < -0.39 is 0 Å². The van der Waals surface area contributed by atoms with Gasteiger partial charge in [-0.25, -0.2) is 0 Å². The molecule has 1 nitrogen and oxygen atoms in total. The largest absolute Gasteiger partial charge is 0.314 e. The molecule has 0 fully saturated rings. The quantitative estimate of drug-likeness (QED) is 0.563. The van der Waals surface area contributed by atoms with Crippen LogP contribution >= 0.6 is 12.6 Å². The first kappa shape index (κ1) is 14.3. The van der Waals surface area contributed by atoms with Gasteiger partial charge in [-0.15, -0.1) is 0 Å². The van der Waals surface area contributed by atoms with Gasteiger partial charge in [0.15, 0.2) is 0 Å². The number of rotatable bonds is 9. The molecule has 1 unspecified atom stereocenters. The predicted octanol–water partition coefficient (Wildman–Crippen LogP) is 3.50. The van der Waals surface area contributed by atoms with Crippen LogP contribution in [-0.2, 0) is 0 Å². The zero-order chi connectivity index (χ0) is 10.8. The first-order chi connectivity index (χ1) is 6.76. The third kappa shape index (κ3) is 6.72. The van der Waals surface area contributed by atoms with Crippen molar-refractivity contribution in [3.05, 3.63) is 0 Å². The van der Waals surface area contributed by atoms with Crippen LogP contribution in [0.3, 0.4) is 0 Å². The molecule has 0 aromatic rings. The van der Waals surface area contributed by atoms with Crippen molar-refractivity contribution in [3.8, 4) is 0 Å². The third-order valence-corrected chi connectivity index (χ3v) is 3.08. The molecule has 0 aliphatic rings. The van der Waals surface area contributed by atoms with Gasteiger partial charge in [0.2, 0.25) is 0 Å². The number of nitrogens with one attached hydrogen (secondary N) is 1. The average Bonchev–Trinajstić information content (AvgIpc) is 2.20. The summed E-state index contributed by atoms with van der Waals surface area (Å²) in [5.74, 6) is 1.82. The lowest BCUT2D eigenvalue weighted by atomic mass is 9.93. The van der Waals surface area contributed by atoms with E-state index in [0.29, 0.717) is 0 Å². The maximum atomic E-state index is 4.27. The maximum Gasteiger partial charge on any atom is 0.00925 e. The Labute approximate surface area is 95.5 Å². The molecule has 0 aromatic carbocycles. The minimum Gasteiger partial charge on any atom is -0.314 e. The summed E-state index contributed by atoms with van der Waals surface area (Å²) in [6.45, 7) is 8.03. The smallest absolute Gasteiger partial charge is 0.00925 e. The molecular weight excluding hydrogens is 190 g/mol. The van der Waals surface area contributed by atoms with E-state index in [0.717, 1.165) is 24.3 Å². The molecule has 0 aromatic heterocycles. The van der Waals surface area contributed by atoms with Crippen LogP contribution in [0, 0.1) is 5.92 Å². The second-order valence-corrected chi connectivity index (χ2v) is 4.64. The fraction of sp³-hybridized carbons (Fsp3) is 1.00. The second kappa shape index (κ2) is 9.85. The topological polar surface area (TPSA) is 12.0 Å². The van der Waals surface area contributed by atoms with Gasteiger partial charge in [0.1, 0.15) is 0 Å². The van der Waals surface area contributed by atoms with E-state index in [4.69, 9.17) is 0 Å². The van der Waals surface area contributed by atoms with Gasteiger partial charge in [0, 0.05) is 6.04 Å². The highest BCUT2D eigenvalue weighted by atomic mass is 32.1. The van der Waals surface area contributed by atoms with Crippen molar-refractivity contribution in [2.24, 2.45) is 5.92 Å². The molecular formula is C12H27NS. The van der Waals surface area contributed by atoms with E-state index in [9.17, 15) is 0 Å². The fourth-order valence-electron chi connectivity index (χ4n) is 1.84. The Balaban J connectivity index is 3.77. The van der Waals surface area contributed by atoms with Gasteiger partial charge >= 0.3 is 0 Å². The minimum absolute atomic E-state index is 0.722. The van der Waals surface area contributed by atoms with Gasteiger partial charge < -0.3 is 5.32 Å². The highest BCUT2D eigenvalue weighted by molar-refractivity contribution is 7.80. The molecule has 0 amide bonds. The normalized spacial score (nSPS) is 15.4. The third-order valence-electron chi connectivity index (χ3n) is 2.76. The molecule has 0 aliphatic carbocycles. The number of hydrogen-bond acceptors (Lipinski definition) is 2. The Kier molecular flexibility index (Phi) is 10.1. The zero-order valence-electron chi connectivity index (χ0n) is 10.1. The Morgan fingerprint density at radius 2 is 1.86 bits per heavy atom. The van der Waals surface area contributed by atoms with E-state index in [1.807, 2.05) is 0 Å². The van der Waals surface area contributed by atoms with Gasteiger partial charge in [0.05, 0.1) is 0 Å². The average molecular weight is 217 g/mol. The first-order valence-electron chi connectivity index (χ1n) is 6.10. The molecule has 0 rings (SSSR count). The molecule has 0 saturated heterocycles. The monoisotopic (exact) mass is 217 g/mol. The lowest BCUT2D eigenvalue weighted by Crippen LogP contribution is -2.35. The predicted molar refractivity (Wildman–Crippen MR) is 69.2 cm³/mol. The summed E-state index contributed by atoms with van der Waals surface area (Å²) in [6.07, 6.45) is 6.39. The Morgan fingerprint density at radius 3 is 2.36 bits per heavy atom. The van der Waals surface area contributed by atoms with E-state index in [1.54, 1.807) is 0 Å². The second-order valence-electron chi connectivity index (χ2n) is 4.19. The Morgan fingerprint density at radius 1 is 1.14 bits per heavy atom. The van der Waals surface area contributed by atoms with Crippen LogP contribution in [0.5, 0.6) is 0 Å². The van der Waals surface area contributed by atoms with Crippen LogP contribution in [0.25, 0.3) is 0 Å². The number of hydrogen-bond donors (Lipinski definition) is 2. The van der Waals surface area contributed by atoms with Crippen LogP contribution in [0.1, 0.15) is 52.9 Å². The van der Waals surface area contributed by atoms with Gasteiger partial charge in [0.25, 0.3) is 0 Å². The van der Waals surface area contributed by atoms with Gasteiger partial charge in [-0.05, 0) is 43.9 Å². The summed E-state index contributed by atoms with van der Waals surface area (Å²) in [7, 11) is 0. The molecule has 0 saturated carbocycles. The SMILES string of the molecule is CCCN[C@H](CCC)C(C)CCCS. The van der Waals surface area contributed by atoms with Gasteiger partial charge in [-0.1, -0.05) is 27.2 Å². The number of thiol groups is 1. The van der Waals surface area contributed by atoms with Crippen molar-refractivity contribution in [2.45, 2.75) is 58.9 Å². The van der Waals surface area contributed by atoms with Crippen LogP contribution in [0.4, 0.5) is 0 Å². The lowest BCUT2D eigenvalue weighted by molar-refractivity contribution is 0.336. The van der Waals surface area contributed by atoms with Crippen molar-refractivity contribution in [3.63, 3.8) is 0 Å². The fourth-order valence-corrected chi connectivity index (χ4v) is 2.03. The van der Waals surface area contributed by atoms with E-state index in [-0.39, 0.29) is 0 Å². The lowest BCUT2D eigenvalue weighted by Gasteiger charge is -2.24. The van der Waals surface area contributed by atoms with E-state index in [1.165, 1.54) is 32.1 Å². The molecule has 0 bridgehead atoms. The van der Waals surface area contributed by atoms with E-state index >= 15 is 0 Å². The standard InChI is InChI=1S/C12H27NS/c1-4-7-12(13-9-5-2)11(3)8-6-10-14/h11-14H,4-10H2,1-3H3/t11?,12-/m1/s1. The molecule has 14 heavy (non-hydrogen) atoms. The molecule has 2 atom stereocenters. The summed E-state index contributed by atoms with van der Waals surface area (Å²) in [5.41, 5.74) is 0. The van der Waals surface area contributed by atoms with Gasteiger partial charge in [-0.3, -0.25) is 0 Å². The molecule has 0 aliphatic heterocycles. The minimum atomic E-state index is 0.722. The molecule has 1 N–H and O–H groups in total. The summed E-state index contributed by atoms with van der Waals surface area (Å²) >= 11 is 4.27. The Bertz CT molecular complexity index is 117. The van der Waals surface area contributed by atoms with Crippen molar-refractivity contribution in [1.82, 2.24) is 5.32 Å². The van der Waals surface area contributed by atoms with Crippen molar-refractivity contribution in [1.29, 1.82) is 0 Å². The zero-order valence-corrected chi connectivity index (χ0v) is 10.9. The summed E-state index contributed by atoms with van der Waals surface area (Å²) < 4.78 is 0. The van der Waals surface area contributed by atoms with Crippen molar-refractivity contribution in [2.75, 3.05) is 12.3 Å². The van der Waals surface area contributed by atoms with Crippen LogP contribution < -0.4 is 5.32 Å². The summed E-state index contributed by atoms with van der Waals surface area (Å²) in [5, 5.41) is 3.65. The van der Waals surface area contributed by atoms with Crippen LogP contribution in [0.2, 0.25) is 0 Å². The molecule has 0 radical (unpaired) electrons. The van der Waals surface area contributed by atoms with Gasteiger partial charge in [-0.2, -0.15) is 12.6 Å². The highest BCUT2D eigenvalue weighted by Gasteiger charge is 2.14. The summed E-state index contributed by atoms with van der Waals surface area (Å²) in [6, 6.07) is 0.722. The molecule has 0 spiro atoms.